The smallest absolute Gasteiger partial charge is 0.177 e. The normalized spacial score (nSPS) is 25.9. The number of ether oxygens (including phenoxy) is 2. The topological polar surface area (TPSA) is 65.4 Å². The Morgan fingerprint density at radius 1 is 0.625 bits per heavy atom. The van der Waals surface area contributed by atoms with Gasteiger partial charge >= 0.3 is 0 Å². The zero-order chi connectivity index (χ0) is 28.5. The molecule has 6 heteroatoms. The third kappa shape index (κ3) is 3.29. The molecular formula is C34H38N2O4. The molecule has 1 aliphatic carbocycles. The maximum Gasteiger partial charge on any atom is 0.177 e. The molecule has 1 fully saturated rings. The van der Waals surface area contributed by atoms with Crippen molar-refractivity contribution in [2.24, 2.45) is 0 Å². The van der Waals surface area contributed by atoms with Gasteiger partial charge in [-0.1, -0.05) is 36.4 Å². The van der Waals surface area contributed by atoms with Crippen LogP contribution in [-0.2, 0) is 0 Å². The quantitative estimate of drug-likeness (QED) is 0.310. The van der Waals surface area contributed by atoms with Crippen LogP contribution in [0.15, 0.2) is 48.5 Å². The van der Waals surface area contributed by atoms with Gasteiger partial charge in [-0.25, -0.2) is 0 Å². The van der Waals surface area contributed by atoms with Gasteiger partial charge in [0.15, 0.2) is 11.4 Å². The highest BCUT2D eigenvalue weighted by atomic mass is 16.5. The first-order chi connectivity index (χ1) is 18.8. The van der Waals surface area contributed by atoms with Gasteiger partial charge in [0.2, 0.25) is 0 Å². The third-order valence-corrected chi connectivity index (χ3v) is 9.66. The highest BCUT2D eigenvalue weighted by Gasteiger charge is 2.54. The van der Waals surface area contributed by atoms with E-state index < -0.39 is 35.5 Å². The monoisotopic (exact) mass is 538 g/mol. The van der Waals surface area contributed by atoms with E-state index in [1.165, 1.54) is 0 Å². The molecule has 1 saturated carbocycles. The maximum atomic E-state index is 11.9. The Kier molecular flexibility index (Phi) is 5.13. The van der Waals surface area contributed by atoms with Crippen LogP contribution in [0.25, 0.3) is 21.5 Å². The van der Waals surface area contributed by atoms with Gasteiger partial charge in [-0.3, -0.25) is 0 Å². The van der Waals surface area contributed by atoms with E-state index in [2.05, 4.69) is 99.9 Å². The average Bonchev–Trinajstić information content (AvgIpc) is 2.86. The molecule has 208 valence electrons. The summed E-state index contributed by atoms with van der Waals surface area (Å²) in [6.45, 7) is 12.4. The molecule has 4 aromatic carbocycles. The van der Waals surface area contributed by atoms with Gasteiger partial charge < -0.3 is 29.5 Å². The fraction of sp³-hybridized carbons (Fsp3) is 0.412. The number of anilines is 2. The Morgan fingerprint density at radius 2 is 1.00 bits per heavy atom. The van der Waals surface area contributed by atoms with Crippen molar-refractivity contribution in [3.63, 3.8) is 0 Å². The molecule has 3 aliphatic rings. The van der Waals surface area contributed by atoms with Crippen molar-refractivity contribution in [2.45, 2.75) is 77.0 Å². The van der Waals surface area contributed by atoms with Crippen LogP contribution < -0.4 is 19.3 Å². The Bertz CT molecular complexity index is 1590. The zero-order valence-electron chi connectivity index (χ0n) is 24.5. The molecule has 2 aliphatic heterocycles. The molecule has 6 nitrogen and oxygen atoms in total. The van der Waals surface area contributed by atoms with Crippen molar-refractivity contribution in [3.05, 3.63) is 70.8 Å². The van der Waals surface area contributed by atoms with Crippen molar-refractivity contribution in [2.75, 3.05) is 23.9 Å². The molecule has 0 spiro atoms. The molecule has 0 bridgehead atoms. The minimum atomic E-state index is -0.751. The Morgan fingerprint density at radius 3 is 1.38 bits per heavy atom. The first-order valence-corrected chi connectivity index (χ1v) is 14.2. The maximum absolute atomic E-state index is 11.9. The molecule has 2 heterocycles. The largest absolute Gasteiger partial charge is 0.468 e. The molecule has 0 radical (unpaired) electrons. The van der Waals surface area contributed by atoms with Crippen LogP contribution in [0.3, 0.4) is 0 Å². The summed E-state index contributed by atoms with van der Waals surface area (Å²) in [5, 5.41) is 28.0. The lowest BCUT2D eigenvalue weighted by Gasteiger charge is -2.52. The van der Waals surface area contributed by atoms with Crippen LogP contribution >= 0.6 is 0 Å². The van der Waals surface area contributed by atoms with E-state index in [1.54, 1.807) is 0 Å². The molecule has 2 N–H and O–H groups in total. The molecule has 0 amide bonds. The first kappa shape index (κ1) is 25.5. The van der Waals surface area contributed by atoms with E-state index >= 15 is 0 Å². The van der Waals surface area contributed by atoms with E-state index in [0.29, 0.717) is 0 Å². The lowest BCUT2D eigenvalue weighted by molar-refractivity contribution is -0.0784. The second kappa shape index (κ2) is 8.05. The van der Waals surface area contributed by atoms with Gasteiger partial charge in [0.05, 0.1) is 23.6 Å². The number of aryl methyl sites for hydroxylation is 2. The minimum absolute atomic E-state index is 0.423. The zero-order valence-corrected chi connectivity index (χ0v) is 24.5. The fourth-order valence-corrected chi connectivity index (χ4v) is 7.21. The second-order valence-electron chi connectivity index (χ2n) is 13.0. The molecule has 4 aromatic rings. The molecule has 40 heavy (non-hydrogen) atoms. The number of hydrogen-bond acceptors (Lipinski definition) is 6. The number of hydrogen-bond donors (Lipinski definition) is 2. The average molecular weight is 539 g/mol. The van der Waals surface area contributed by atoms with E-state index in [0.717, 1.165) is 66.7 Å². The molecule has 0 atom stereocenters. The third-order valence-electron chi connectivity index (χ3n) is 9.66. The number of aliphatic hydroxyl groups is 2. The van der Waals surface area contributed by atoms with Crippen molar-refractivity contribution in [1.29, 1.82) is 0 Å². The molecular weight excluding hydrogens is 500 g/mol. The van der Waals surface area contributed by atoms with Gasteiger partial charge in [0.25, 0.3) is 0 Å². The van der Waals surface area contributed by atoms with Gasteiger partial charge in [0.1, 0.15) is 11.5 Å². The van der Waals surface area contributed by atoms with Gasteiger partial charge in [-0.05, 0) is 86.7 Å². The van der Waals surface area contributed by atoms with Crippen LogP contribution in [0.2, 0.25) is 0 Å². The first-order valence-electron chi connectivity index (χ1n) is 14.2. The SMILES string of the molecule is Cc1cc2c3c(c(C4C(O)C(c5ccc6cc(C)cc7c6c5N(C)C(C)(C)O7)C4O)ccc3c1)N(C)C(C)(C)O2. The summed E-state index contributed by atoms with van der Waals surface area (Å²) in [6.07, 6.45) is -1.50. The van der Waals surface area contributed by atoms with Crippen molar-refractivity contribution >= 4 is 32.9 Å². The predicted molar refractivity (Wildman–Crippen MR) is 161 cm³/mol. The van der Waals surface area contributed by atoms with E-state index in [4.69, 9.17) is 9.47 Å². The summed E-state index contributed by atoms with van der Waals surface area (Å²) in [7, 11) is 4.06. The highest BCUT2D eigenvalue weighted by molar-refractivity contribution is 6.04. The Labute approximate surface area is 235 Å². The van der Waals surface area contributed by atoms with Gasteiger partial charge in [-0.2, -0.15) is 0 Å². The summed E-state index contributed by atoms with van der Waals surface area (Å²) < 4.78 is 12.9. The minimum Gasteiger partial charge on any atom is -0.468 e. The fourth-order valence-electron chi connectivity index (χ4n) is 7.21. The van der Waals surface area contributed by atoms with E-state index in [1.807, 2.05) is 14.1 Å². The number of rotatable bonds is 2. The summed E-state index contributed by atoms with van der Waals surface area (Å²) >= 11 is 0. The Balaban J connectivity index is 1.37. The van der Waals surface area contributed by atoms with Crippen LogP contribution in [0, 0.1) is 13.8 Å². The lowest BCUT2D eigenvalue weighted by Crippen LogP contribution is -2.55. The number of aliphatic hydroxyl groups excluding tert-OH is 2. The Hall–Kier alpha value is -3.48. The molecule has 0 unspecified atom stereocenters. The molecule has 7 rings (SSSR count). The van der Waals surface area contributed by atoms with Gasteiger partial charge in [0, 0.05) is 36.7 Å². The summed E-state index contributed by atoms with van der Waals surface area (Å²) in [6, 6.07) is 16.8. The van der Waals surface area contributed by atoms with Crippen LogP contribution in [0.1, 0.15) is 61.8 Å². The standard InChI is InChI=1S/C34H38N2O4/c1-17-13-19-9-11-21(29-25(19)23(15-17)39-33(3,4)35(29)7)27-31(37)28(32(27)38)22-12-10-20-14-18(2)16-24-26(20)30(22)36(8)34(5,6)40-24/h9-16,27-28,31-32,37-38H,1-8H3. The van der Waals surface area contributed by atoms with E-state index in [9.17, 15) is 10.2 Å². The van der Waals surface area contributed by atoms with E-state index in [-0.39, 0.29) is 0 Å². The predicted octanol–water partition coefficient (Wildman–Crippen LogP) is 6.34. The highest BCUT2D eigenvalue weighted by Crippen LogP contribution is 2.57. The van der Waals surface area contributed by atoms with Crippen molar-refractivity contribution < 1.29 is 19.7 Å². The van der Waals surface area contributed by atoms with Crippen LogP contribution in [-0.4, -0.2) is 48.0 Å². The van der Waals surface area contributed by atoms with Crippen LogP contribution in [0.5, 0.6) is 11.5 Å². The molecule has 0 saturated heterocycles. The number of benzene rings is 4. The van der Waals surface area contributed by atoms with Gasteiger partial charge in [-0.15, -0.1) is 0 Å². The second-order valence-corrected chi connectivity index (χ2v) is 13.0. The molecule has 0 aromatic heterocycles. The van der Waals surface area contributed by atoms with Crippen molar-refractivity contribution in [1.82, 2.24) is 0 Å². The summed E-state index contributed by atoms with van der Waals surface area (Å²) in [5.74, 6) is 0.850. The summed E-state index contributed by atoms with van der Waals surface area (Å²) in [5.41, 5.74) is 5.08. The lowest BCUT2D eigenvalue weighted by atomic mass is 9.62. The van der Waals surface area contributed by atoms with Crippen LogP contribution in [0.4, 0.5) is 11.4 Å². The summed E-state index contributed by atoms with van der Waals surface area (Å²) in [4.78, 5) is 4.28. The van der Waals surface area contributed by atoms with Crippen molar-refractivity contribution in [3.8, 4) is 11.5 Å². The number of nitrogens with zero attached hydrogens (tertiary/aromatic N) is 2.